The quantitative estimate of drug-likeness (QED) is 0.181. The van der Waals surface area contributed by atoms with Gasteiger partial charge in [0.1, 0.15) is 28.8 Å². The minimum Gasteiger partial charge on any atom is -0.455 e. The molecule has 50 heavy (non-hydrogen) atoms. The summed E-state index contributed by atoms with van der Waals surface area (Å²) in [6.07, 6.45) is 0.667. The minimum atomic E-state index is -3.80. The fourth-order valence-corrected chi connectivity index (χ4v) is 7.00. The Morgan fingerprint density at radius 3 is 2.34 bits per heavy atom. The average molecular weight is 703 g/mol. The number of piperazine rings is 1. The Hall–Kier alpha value is -5.22. The molecular formula is C37H39FN4O7S. The second kappa shape index (κ2) is 14.0. The number of Topliss-reactive ketones (excluding diaryl/α,β-unsaturated/α-hetero) is 1. The fraction of sp³-hybridized carbons (Fsp3) is 0.351. The van der Waals surface area contributed by atoms with E-state index in [1.807, 2.05) is 0 Å². The molecule has 5 rings (SSSR count). The van der Waals surface area contributed by atoms with Crippen molar-refractivity contribution in [2.45, 2.75) is 52.7 Å². The molecule has 2 amide bonds. The summed E-state index contributed by atoms with van der Waals surface area (Å²) in [5.74, 6) is -0.891. The molecule has 1 aliphatic rings. The number of ketones is 1. The number of carbonyl (C=O) groups excluding carboxylic acids is 3. The van der Waals surface area contributed by atoms with E-state index in [9.17, 15) is 32.5 Å². The first-order valence-corrected chi connectivity index (χ1v) is 18.1. The van der Waals surface area contributed by atoms with Crippen LogP contribution in [-0.4, -0.2) is 80.1 Å². The van der Waals surface area contributed by atoms with Crippen LogP contribution in [0.5, 0.6) is 0 Å². The second-order valence-corrected chi connectivity index (χ2v) is 14.9. The minimum absolute atomic E-state index is 0.0252. The van der Waals surface area contributed by atoms with E-state index in [-0.39, 0.29) is 66.5 Å². The lowest BCUT2D eigenvalue weighted by Gasteiger charge is -2.38. The standard InChI is InChI=1S/C37H39FN4O7S/c1-7-31(43)33-29-19-28(30(42(8-2)50(6,46)47)20-32(29)48-34(33)23-12-14-26(38)15-13-23)24-10-9-11-25(18-24)35(44)41-17-16-40(22-27(41)21-39)36(45)49-37(3,4)5/h9-15,18-20,27H,7-8,16-17,22H2,1-6H3/t27-/m1/s1. The van der Waals surface area contributed by atoms with Crippen molar-refractivity contribution in [3.8, 4) is 28.5 Å². The smallest absolute Gasteiger partial charge is 0.410 e. The van der Waals surface area contributed by atoms with Crippen LogP contribution < -0.4 is 4.31 Å². The Morgan fingerprint density at radius 2 is 1.74 bits per heavy atom. The van der Waals surface area contributed by atoms with Crippen LogP contribution in [0.4, 0.5) is 14.9 Å². The van der Waals surface area contributed by atoms with Crippen LogP contribution in [0.2, 0.25) is 0 Å². The summed E-state index contributed by atoms with van der Waals surface area (Å²) in [7, 11) is -3.80. The van der Waals surface area contributed by atoms with Crippen molar-refractivity contribution in [1.29, 1.82) is 5.26 Å². The van der Waals surface area contributed by atoms with Gasteiger partial charge in [-0.05, 0) is 75.7 Å². The van der Waals surface area contributed by atoms with Crippen LogP contribution in [-0.2, 0) is 14.8 Å². The number of benzene rings is 3. The second-order valence-electron chi connectivity index (χ2n) is 13.0. The van der Waals surface area contributed by atoms with Gasteiger partial charge in [0, 0.05) is 54.2 Å². The van der Waals surface area contributed by atoms with E-state index in [2.05, 4.69) is 6.07 Å². The molecule has 1 aliphatic heterocycles. The molecule has 0 saturated carbocycles. The average Bonchev–Trinajstić information content (AvgIpc) is 3.44. The molecule has 0 unspecified atom stereocenters. The molecule has 0 bridgehead atoms. The summed E-state index contributed by atoms with van der Waals surface area (Å²) < 4.78 is 52.8. The van der Waals surface area contributed by atoms with Crippen molar-refractivity contribution in [3.63, 3.8) is 0 Å². The van der Waals surface area contributed by atoms with Crippen molar-refractivity contribution in [2.75, 3.05) is 36.7 Å². The number of carbonyl (C=O) groups is 3. The zero-order valence-electron chi connectivity index (χ0n) is 28.8. The molecule has 3 aromatic carbocycles. The molecule has 0 aliphatic carbocycles. The van der Waals surface area contributed by atoms with Gasteiger partial charge in [0.15, 0.2) is 5.78 Å². The van der Waals surface area contributed by atoms with E-state index in [1.54, 1.807) is 71.0 Å². The van der Waals surface area contributed by atoms with Crippen molar-refractivity contribution in [1.82, 2.24) is 9.80 Å². The Balaban J connectivity index is 1.62. The molecule has 11 nitrogen and oxygen atoms in total. The molecule has 13 heteroatoms. The monoisotopic (exact) mass is 702 g/mol. The van der Waals surface area contributed by atoms with Gasteiger partial charge >= 0.3 is 6.09 Å². The first-order chi connectivity index (χ1) is 23.6. The molecule has 4 aromatic rings. The molecule has 2 heterocycles. The topological polar surface area (TPSA) is 141 Å². The highest BCUT2D eigenvalue weighted by Crippen LogP contribution is 2.42. The number of anilines is 1. The van der Waals surface area contributed by atoms with Crippen molar-refractivity contribution in [2.24, 2.45) is 0 Å². The van der Waals surface area contributed by atoms with Gasteiger partial charge in [0.2, 0.25) is 10.0 Å². The number of nitrogens with zero attached hydrogens (tertiary/aromatic N) is 4. The maximum atomic E-state index is 13.9. The summed E-state index contributed by atoms with van der Waals surface area (Å²) in [5.41, 5.74) is 1.70. The highest BCUT2D eigenvalue weighted by atomic mass is 32.2. The first-order valence-electron chi connectivity index (χ1n) is 16.2. The molecule has 0 N–H and O–H groups in total. The Bertz CT molecular complexity index is 2110. The predicted octanol–water partition coefficient (Wildman–Crippen LogP) is 6.87. The van der Waals surface area contributed by atoms with Crippen molar-refractivity contribution < 1.29 is 36.3 Å². The van der Waals surface area contributed by atoms with Gasteiger partial charge in [-0.2, -0.15) is 5.26 Å². The zero-order valence-corrected chi connectivity index (χ0v) is 29.6. The highest BCUT2D eigenvalue weighted by Gasteiger charge is 2.35. The lowest BCUT2D eigenvalue weighted by atomic mass is 9.95. The number of rotatable bonds is 8. The lowest BCUT2D eigenvalue weighted by Crippen LogP contribution is -2.56. The summed E-state index contributed by atoms with van der Waals surface area (Å²) >= 11 is 0. The van der Waals surface area contributed by atoms with Gasteiger partial charge in [-0.15, -0.1) is 0 Å². The summed E-state index contributed by atoms with van der Waals surface area (Å²) in [4.78, 5) is 42.8. The largest absolute Gasteiger partial charge is 0.455 e. The molecular weight excluding hydrogens is 663 g/mol. The molecule has 262 valence electrons. The summed E-state index contributed by atoms with van der Waals surface area (Å²) in [5, 5.41) is 10.4. The lowest BCUT2D eigenvalue weighted by molar-refractivity contribution is 0.00926. The van der Waals surface area contributed by atoms with Gasteiger partial charge in [-0.25, -0.2) is 17.6 Å². The molecule has 1 atom stereocenters. The number of fused-ring (bicyclic) bond motifs is 1. The van der Waals surface area contributed by atoms with Gasteiger partial charge in [0.25, 0.3) is 5.91 Å². The van der Waals surface area contributed by atoms with Crippen LogP contribution in [0.15, 0.2) is 65.1 Å². The van der Waals surface area contributed by atoms with Crippen LogP contribution in [0.1, 0.15) is 61.8 Å². The number of amides is 2. The molecule has 0 radical (unpaired) electrons. The first kappa shape index (κ1) is 36.1. The molecule has 1 saturated heterocycles. The van der Waals surface area contributed by atoms with Gasteiger partial charge in [-0.1, -0.05) is 19.1 Å². The van der Waals surface area contributed by atoms with Crippen LogP contribution >= 0.6 is 0 Å². The summed E-state index contributed by atoms with van der Waals surface area (Å²) in [6, 6.07) is 16.6. The van der Waals surface area contributed by atoms with E-state index < -0.39 is 39.5 Å². The zero-order chi connectivity index (χ0) is 36.5. The van der Waals surface area contributed by atoms with Crippen LogP contribution in [0.25, 0.3) is 33.4 Å². The Morgan fingerprint density at radius 1 is 1.04 bits per heavy atom. The number of furan rings is 1. The van der Waals surface area contributed by atoms with Crippen LogP contribution in [0, 0.1) is 17.1 Å². The molecule has 0 spiro atoms. The number of sulfonamides is 1. The number of hydrogen-bond donors (Lipinski definition) is 0. The summed E-state index contributed by atoms with van der Waals surface area (Å²) in [6.45, 7) is 8.96. The predicted molar refractivity (Wildman–Crippen MR) is 188 cm³/mol. The van der Waals surface area contributed by atoms with Crippen molar-refractivity contribution in [3.05, 3.63) is 77.6 Å². The number of ether oxygens (including phenoxy) is 1. The fourth-order valence-electron chi connectivity index (χ4n) is 6.03. The van der Waals surface area contributed by atoms with E-state index >= 15 is 0 Å². The van der Waals surface area contributed by atoms with Crippen LogP contribution in [0.3, 0.4) is 0 Å². The maximum Gasteiger partial charge on any atom is 0.410 e. The van der Waals surface area contributed by atoms with Gasteiger partial charge in [0.05, 0.1) is 30.1 Å². The van der Waals surface area contributed by atoms with E-state index in [1.165, 1.54) is 38.4 Å². The Labute approximate surface area is 290 Å². The normalized spacial score (nSPS) is 15.1. The van der Waals surface area contributed by atoms with Gasteiger partial charge in [-0.3, -0.25) is 13.9 Å². The van der Waals surface area contributed by atoms with E-state index in [4.69, 9.17) is 9.15 Å². The van der Waals surface area contributed by atoms with E-state index in [0.717, 1.165) is 6.26 Å². The Kier molecular flexibility index (Phi) is 10.1. The number of halogens is 1. The van der Waals surface area contributed by atoms with Gasteiger partial charge < -0.3 is 19.0 Å². The maximum absolute atomic E-state index is 13.9. The highest BCUT2D eigenvalue weighted by molar-refractivity contribution is 7.92. The third-order valence-corrected chi connectivity index (χ3v) is 9.59. The number of hydrogen-bond acceptors (Lipinski definition) is 8. The SMILES string of the molecule is CCC(=O)c1c(-c2ccc(F)cc2)oc2cc(N(CC)S(C)(=O)=O)c(-c3cccc(C(=O)N4CCN(C(=O)OC(C)(C)C)C[C@H]4C#N)c3)cc12. The number of nitriles is 1. The molecule has 1 fully saturated rings. The third-order valence-electron chi connectivity index (χ3n) is 8.33. The third kappa shape index (κ3) is 7.35. The van der Waals surface area contributed by atoms with E-state index in [0.29, 0.717) is 22.1 Å². The molecule has 1 aromatic heterocycles. The van der Waals surface area contributed by atoms with Crippen molar-refractivity contribution >= 4 is 44.5 Å².